The number of hydrogen-bond acceptors (Lipinski definition) is 4. The number of alkyl halides is 2. The molecule has 1 fully saturated rings. The van der Waals surface area contributed by atoms with Crippen molar-refractivity contribution in [2.75, 3.05) is 0 Å². The Labute approximate surface area is 141 Å². The van der Waals surface area contributed by atoms with Crippen molar-refractivity contribution in [2.45, 2.75) is 54.7 Å². The first-order chi connectivity index (χ1) is 11.1. The van der Waals surface area contributed by atoms with Crippen molar-refractivity contribution in [3.8, 4) is 0 Å². The Morgan fingerprint density at radius 2 is 1.54 bits per heavy atom. The second kappa shape index (κ2) is 7.05. The molecule has 1 aromatic carbocycles. The highest BCUT2D eigenvalue weighted by molar-refractivity contribution is 7.91. The Balaban J connectivity index is 2.21. The van der Waals surface area contributed by atoms with Crippen molar-refractivity contribution in [3.05, 3.63) is 24.3 Å². The summed E-state index contributed by atoms with van der Waals surface area (Å²) in [6, 6.07) is 3.66. The smallest absolute Gasteiger partial charge is 0.218 e. The molecule has 0 heterocycles. The fourth-order valence-corrected chi connectivity index (χ4v) is 5.01. The van der Waals surface area contributed by atoms with E-state index in [1.165, 1.54) is 0 Å². The number of benzene rings is 1. The number of sulfonamides is 1. The van der Waals surface area contributed by atoms with Gasteiger partial charge >= 0.3 is 5.76 Å². The molecule has 0 saturated heterocycles. The van der Waals surface area contributed by atoms with E-state index in [0.29, 0.717) is 5.92 Å². The second-order valence-corrected chi connectivity index (χ2v) is 9.90. The van der Waals surface area contributed by atoms with E-state index in [1.54, 1.807) is 0 Å². The third-order valence-corrected chi connectivity index (χ3v) is 7.61. The van der Waals surface area contributed by atoms with Crippen molar-refractivity contribution < 1.29 is 25.6 Å². The van der Waals surface area contributed by atoms with Crippen LogP contribution < -0.4 is 4.72 Å². The zero-order valence-corrected chi connectivity index (χ0v) is 15.1. The van der Waals surface area contributed by atoms with Crippen molar-refractivity contribution in [1.29, 1.82) is 0 Å². The van der Waals surface area contributed by atoms with Gasteiger partial charge in [0.05, 0.1) is 9.79 Å². The zero-order chi connectivity index (χ0) is 18.1. The van der Waals surface area contributed by atoms with Crippen LogP contribution in [0.15, 0.2) is 34.1 Å². The van der Waals surface area contributed by atoms with E-state index in [1.807, 2.05) is 6.92 Å². The molecule has 5 nitrogen and oxygen atoms in total. The summed E-state index contributed by atoms with van der Waals surface area (Å²) in [6.45, 7) is 4.07. The van der Waals surface area contributed by atoms with Crippen molar-refractivity contribution in [3.63, 3.8) is 0 Å². The first-order valence-corrected chi connectivity index (χ1v) is 10.7. The lowest BCUT2D eigenvalue weighted by Crippen LogP contribution is -2.43. The fraction of sp³-hybridized carbons (Fsp3) is 0.600. The van der Waals surface area contributed by atoms with Gasteiger partial charge in [0.15, 0.2) is 0 Å². The minimum atomic E-state index is -4.73. The van der Waals surface area contributed by atoms with Crippen molar-refractivity contribution >= 4 is 19.9 Å². The normalized spacial score (nSPS) is 25.8. The molecule has 0 spiro atoms. The molecule has 1 saturated carbocycles. The number of rotatable bonds is 5. The average molecular weight is 381 g/mol. The molecule has 2 rings (SSSR count). The molecule has 3 atom stereocenters. The van der Waals surface area contributed by atoms with Crippen LogP contribution in [0.1, 0.15) is 33.1 Å². The Bertz CT molecular complexity index is 776. The van der Waals surface area contributed by atoms with Crippen LogP contribution in [0.4, 0.5) is 8.78 Å². The maximum absolute atomic E-state index is 12.5. The lowest BCUT2D eigenvalue weighted by Gasteiger charge is -2.34. The summed E-state index contributed by atoms with van der Waals surface area (Å²) >= 11 is 0. The summed E-state index contributed by atoms with van der Waals surface area (Å²) in [5.41, 5.74) is 0. The van der Waals surface area contributed by atoms with E-state index in [4.69, 9.17) is 0 Å². The maximum Gasteiger partial charge on any atom is 0.341 e. The predicted octanol–water partition coefficient (Wildman–Crippen LogP) is 2.79. The fourth-order valence-electron chi connectivity index (χ4n) is 2.93. The van der Waals surface area contributed by atoms with Gasteiger partial charge in [-0.15, -0.1) is 0 Å². The highest BCUT2D eigenvalue weighted by Crippen LogP contribution is 2.30. The molecular weight excluding hydrogens is 360 g/mol. The average Bonchev–Trinajstić information content (AvgIpc) is 2.51. The zero-order valence-electron chi connectivity index (χ0n) is 13.4. The van der Waals surface area contributed by atoms with Crippen LogP contribution in [0.2, 0.25) is 0 Å². The quantitative estimate of drug-likeness (QED) is 0.850. The summed E-state index contributed by atoms with van der Waals surface area (Å²) in [6.07, 6.45) is 2.73. The standard InChI is InChI=1S/C15H21F2NO4S2/c1-10-4-3-5-14(11(10)2)18-24(21,22)13-8-6-12(7-9-13)23(19,20)15(16)17/h6-11,14-15,18H,3-5H2,1-2H3/t10-,11-,14-/m1/s1. The second-order valence-electron chi connectivity index (χ2n) is 6.27. The summed E-state index contributed by atoms with van der Waals surface area (Å²) in [4.78, 5) is -0.739. The molecule has 0 bridgehead atoms. The molecule has 1 aliphatic rings. The molecule has 24 heavy (non-hydrogen) atoms. The van der Waals surface area contributed by atoms with Crippen LogP contribution in [0.5, 0.6) is 0 Å². The lowest BCUT2D eigenvalue weighted by molar-refractivity contribution is 0.227. The van der Waals surface area contributed by atoms with Crippen LogP contribution in [-0.4, -0.2) is 28.6 Å². The number of nitrogens with one attached hydrogen (secondary N) is 1. The van der Waals surface area contributed by atoms with E-state index in [0.717, 1.165) is 43.5 Å². The first-order valence-electron chi connectivity index (χ1n) is 7.70. The van der Waals surface area contributed by atoms with E-state index < -0.39 is 30.5 Å². The molecule has 136 valence electrons. The van der Waals surface area contributed by atoms with E-state index in [2.05, 4.69) is 11.6 Å². The van der Waals surface area contributed by atoms with Gasteiger partial charge in [-0.05, 0) is 42.5 Å². The van der Waals surface area contributed by atoms with Gasteiger partial charge in [-0.25, -0.2) is 21.6 Å². The third kappa shape index (κ3) is 3.94. The van der Waals surface area contributed by atoms with Gasteiger partial charge in [-0.3, -0.25) is 0 Å². The Morgan fingerprint density at radius 1 is 1.00 bits per heavy atom. The molecule has 0 radical (unpaired) electrons. The first kappa shape index (κ1) is 19.3. The van der Waals surface area contributed by atoms with Gasteiger partial charge in [-0.1, -0.05) is 26.7 Å². The molecule has 0 aliphatic heterocycles. The molecular formula is C15H21F2NO4S2. The Morgan fingerprint density at radius 3 is 2.08 bits per heavy atom. The number of hydrogen-bond donors (Lipinski definition) is 1. The molecule has 1 aromatic rings. The maximum atomic E-state index is 12.5. The van der Waals surface area contributed by atoms with Gasteiger partial charge in [-0.2, -0.15) is 8.78 Å². The molecule has 1 aliphatic carbocycles. The molecule has 0 aromatic heterocycles. The van der Waals surface area contributed by atoms with Gasteiger partial charge in [0.1, 0.15) is 0 Å². The SMILES string of the molecule is C[C@@H]1[C@H](C)CCC[C@H]1NS(=O)(=O)c1ccc(S(=O)(=O)C(F)F)cc1. The molecule has 1 N–H and O–H groups in total. The van der Waals surface area contributed by atoms with Crippen LogP contribution in [-0.2, 0) is 19.9 Å². The summed E-state index contributed by atoms with van der Waals surface area (Å²) in [5, 5.41) is 0. The molecule has 9 heteroatoms. The van der Waals surface area contributed by atoms with Gasteiger partial charge in [0, 0.05) is 6.04 Å². The van der Waals surface area contributed by atoms with Gasteiger partial charge in [0.2, 0.25) is 19.9 Å². The number of halogens is 2. The summed E-state index contributed by atoms with van der Waals surface area (Å²) in [5.74, 6) is -2.94. The van der Waals surface area contributed by atoms with Gasteiger partial charge < -0.3 is 0 Å². The highest BCUT2D eigenvalue weighted by atomic mass is 32.2. The van der Waals surface area contributed by atoms with Crippen LogP contribution in [0.25, 0.3) is 0 Å². The lowest BCUT2D eigenvalue weighted by atomic mass is 9.78. The molecule has 0 amide bonds. The molecule has 0 unspecified atom stereocenters. The minimum absolute atomic E-state index is 0.138. The Kier molecular flexibility index (Phi) is 5.66. The Hall–Kier alpha value is -1.06. The van der Waals surface area contributed by atoms with Crippen molar-refractivity contribution in [2.24, 2.45) is 11.8 Å². The third-order valence-electron chi connectivity index (χ3n) is 4.71. The summed E-state index contributed by atoms with van der Waals surface area (Å²) in [7, 11) is -8.56. The van der Waals surface area contributed by atoms with Crippen LogP contribution in [0.3, 0.4) is 0 Å². The van der Waals surface area contributed by atoms with Crippen LogP contribution in [0, 0.1) is 11.8 Å². The van der Waals surface area contributed by atoms with E-state index >= 15 is 0 Å². The number of sulfone groups is 1. The van der Waals surface area contributed by atoms with E-state index in [-0.39, 0.29) is 16.9 Å². The van der Waals surface area contributed by atoms with Crippen LogP contribution >= 0.6 is 0 Å². The monoisotopic (exact) mass is 381 g/mol. The van der Waals surface area contributed by atoms with E-state index in [9.17, 15) is 25.6 Å². The van der Waals surface area contributed by atoms with Gasteiger partial charge in [0.25, 0.3) is 0 Å². The van der Waals surface area contributed by atoms with Crippen molar-refractivity contribution in [1.82, 2.24) is 4.72 Å². The summed E-state index contributed by atoms with van der Waals surface area (Å²) < 4.78 is 75.3. The minimum Gasteiger partial charge on any atom is -0.218 e. The largest absolute Gasteiger partial charge is 0.341 e. The highest BCUT2D eigenvalue weighted by Gasteiger charge is 2.31. The topological polar surface area (TPSA) is 80.3 Å². The predicted molar refractivity (Wildman–Crippen MR) is 85.9 cm³/mol.